The highest BCUT2D eigenvalue weighted by atomic mass is 16.6. The molecule has 1 aromatic rings. The van der Waals surface area contributed by atoms with Crippen LogP contribution in [0.2, 0.25) is 0 Å². The first-order chi connectivity index (χ1) is 11.1. The zero-order valence-electron chi connectivity index (χ0n) is 13.5. The number of ether oxygens (including phenoxy) is 4. The van der Waals surface area contributed by atoms with Crippen molar-refractivity contribution in [1.29, 1.82) is 0 Å². The average Bonchev–Trinajstić information content (AvgIpc) is 2.58. The van der Waals surface area contributed by atoms with E-state index in [9.17, 15) is 9.59 Å². The van der Waals surface area contributed by atoms with Crippen molar-refractivity contribution >= 4 is 12.2 Å². The summed E-state index contributed by atoms with van der Waals surface area (Å²) in [5.74, 6) is 1.29. The molecule has 0 saturated carbocycles. The average molecular weight is 326 g/mol. The van der Waals surface area contributed by atoms with Crippen LogP contribution in [-0.4, -0.2) is 53.2 Å². The van der Waals surface area contributed by atoms with Crippen LogP contribution in [0.5, 0.6) is 11.5 Å². The Morgan fingerprint density at radius 2 is 1.65 bits per heavy atom. The maximum Gasteiger partial charge on any atom is 0.407 e. The third-order valence-electron chi connectivity index (χ3n) is 2.88. The highest BCUT2D eigenvalue weighted by Crippen LogP contribution is 2.27. The lowest BCUT2D eigenvalue weighted by atomic mass is 10.1. The van der Waals surface area contributed by atoms with E-state index in [1.54, 1.807) is 14.2 Å². The maximum absolute atomic E-state index is 11.4. The van der Waals surface area contributed by atoms with E-state index in [0.717, 1.165) is 5.56 Å². The van der Waals surface area contributed by atoms with Crippen LogP contribution in [0.1, 0.15) is 5.56 Å². The molecule has 0 saturated heterocycles. The summed E-state index contributed by atoms with van der Waals surface area (Å²) in [6, 6.07) is 5.55. The lowest BCUT2D eigenvalue weighted by Gasteiger charge is -2.10. The largest absolute Gasteiger partial charge is 0.493 e. The number of alkyl carbamates (subject to hydrolysis) is 2. The van der Waals surface area contributed by atoms with Crippen LogP contribution < -0.4 is 20.1 Å². The Morgan fingerprint density at radius 3 is 2.26 bits per heavy atom. The van der Waals surface area contributed by atoms with Gasteiger partial charge in [-0.1, -0.05) is 6.07 Å². The van der Waals surface area contributed by atoms with Crippen molar-refractivity contribution in [3.63, 3.8) is 0 Å². The number of carbonyl (C=O) groups is 2. The summed E-state index contributed by atoms with van der Waals surface area (Å²) in [5.41, 5.74) is 0.992. The van der Waals surface area contributed by atoms with Gasteiger partial charge in [0.2, 0.25) is 0 Å². The number of nitrogens with one attached hydrogen (secondary N) is 2. The highest BCUT2D eigenvalue weighted by molar-refractivity contribution is 5.67. The van der Waals surface area contributed by atoms with E-state index in [4.69, 9.17) is 14.2 Å². The lowest BCUT2D eigenvalue weighted by molar-refractivity contribution is 0.0968. The smallest absolute Gasteiger partial charge is 0.407 e. The van der Waals surface area contributed by atoms with Crippen molar-refractivity contribution in [3.8, 4) is 11.5 Å². The second-order valence-electron chi connectivity index (χ2n) is 4.39. The molecule has 0 fully saturated rings. The Bertz CT molecular complexity index is 521. The molecule has 0 spiro atoms. The SMILES string of the molecule is CNC(=O)OCCOC(=O)NCCc1ccc(OC)c(OC)c1. The molecule has 0 aliphatic rings. The minimum absolute atomic E-state index is 0.00275. The topological polar surface area (TPSA) is 95.1 Å². The summed E-state index contributed by atoms with van der Waals surface area (Å²) in [5, 5.41) is 4.90. The molecule has 0 heterocycles. The first-order valence-corrected chi connectivity index (χ1v) is 7.06. The third-order valence-corrected chi connectivity index (χ3v) is 2.88. The Labute approximate surface area is 135 Å². The van der Waals surface area contributed by atoms with E-state index in [1.165, 1.54) is 7.05 Å². The second kappa shape index (κ2) is 10.1. The number of hydrogen-bond donors (Lipinski definition) is 2. The monoisotopic (exact) mass is 326 g/mol. The van der Waals surface area contributed by atoms with Crippen LogP contribution >= 0.6 is 0 Å². The van der Waals surface area contributed by atoms with Gasteiger partial charge in [-0.3, -0.25) is 0 Å². The van der Waals surface area contributed by atoms with Gasteiger partial charge in [0.1, 0.15) is 13.2 Å². The van der Waals surface area contributed by atoms with Gasteiger partial charge in [0.15, 0.2) is 11.5 Å². The first-order valence-electron chi connectivity index (χ1n) is 7.06. The lowest BCUT2D eigenvalue weighted by Crippen LogP contribution is -2.28. The van der Waals surface area contributed by atoms with Crippen LogP contribution in [0.4, 0.5) is 9.59 Å². The maximum atomic E-state index is 11.4. The van der Waals surface area contributed by atoms with Gasteiger partial charge in [0.25, 0.3) is 0 Å². The van der Waals surface area contributed by atoms with E-state index in [-0.39, 0.29) is 13.2 Å². The number of amides is 2. The second-order valence-corrected chi connectivity index (χ2v) is 4.39. The molecule has 128 valence electrons. The summed E-state index contributed by atoms with van der Waals surface area (Å²) < 4.78 is 19.9. The Morgan fingerprint density at radius 1 is 1.00 bits per heavy atom. The molecule has 2 amide bonds. The quantitative estimate of drug-likeness (QED) is 0.700. The predicted molar refractivity (Wildman–Crippen MR) is 83.0 cm³/mol. The van der Waals surface area contributed by atoms with Gasteiger partial charge in [-0.05, 0) is 24.1 Å². The fraction of sp³-hybridized carbons (Fsp3) is 0.467. The normalized spacial score (nSPS) is 9.70. The summed E-state index contributed by atoms with van der Waals surface area (Å²) in [7, 11) is 4.59. The molecule has 0 radical (unpaired) electrons. The van der Waals surface area contributed by atoms with E-state index >= 15 is 0 Å². The number of hydrogen-bond acceptors (Lipinski definition) is 6. The number of benzene rings is 1. The Hall–Kier alpha value is -2.64. The van der Waals surface area contributed by atoms with Crippen molar-refractivity contribution in [2.45, 2.75) is 6.42 Å². The van der Waals surface area contributed by atoms with Crippen molar-refractivity contribution in [2.24, 2.45) is 0 Å². The van der Waals surface area contributed by atoms with Crippen LogP contribution in [0.3, 0.4) is 0 Å². The fourth-order valence-electron chi connectivity index (χ4n) is 1.74. The van der Waals surface area contributed by atoms with Crippen LogP contribution in [0.25, 0.3) is 0 Å². The Balaban J connectivity index is 2.25. The molecular weight excluding hydrogens is 304 g/mol. The Kier molecular flexibility index (Phi) is 8.12. The van der Waals surface area contributed by atoms with E-state index < -0.39 is 12.2 Å². The molecule has 0 aromatic heterocycles. The van der Waals surface area contributed by atoms with Crippen molar-refractivity contribution in [1.82, 2.24) is 10.6 Å². The van der Waals surface area contributed by atoms with Gasteiger partial charge in [0.05, 0.1) is 14.2 Å². The summed E-state index contributed by atoms with van der Waals surface area (Å²) >= 11 is 0. The summed E-state index contributed by atoms with van der Waals surface area (Å²) in [6.45, 7) is 0.406. The third kappa shape index (κ3) is 6.77. The summed E-state index contributed by atoms with van der Waals surface area (Å²) in [6.07, 6.45) is -0.516. The minimum Gasteiger partial charge on any atom is -0.493 e. The minimum atomic E-state index is -0.567. The zero-order valence-corrected chi connectivity index (χ0v) is 13.5. The van der Waals surface area contributed by atoms with Crippen molar-refractivity contribution < 1.29 is 28.5 Å². The molecule has 1 rings (SSSR count). The van der Waals surface area contributed by atoms with Crippen molar-refractivity contribution in [2.75, 3.05) is 41.0 Å². The molecule has 1 aromatic carbocycles. The van der Waals surface area contributed by atoms with Gasteiger partial charge in [0, 0.05) is 13.6 Å². The molecule has 2 N–H and O–H groups in total. The van der Waals surface area contributed by atoms with Gasteiger partial charge in [-0.25, -0.2) is 9.59 Å². The van der Waals surface area contributed by atoms with E-state index in [2.05, 4.69) is 15.4 Å². The summed E-state index contributed by atoms with van der Waals surface area (Å²) in [4.78, 5) is 22.2. The molecular formula is C15H22N2O6. The molecule has 8 heteroatoms. The molecule has 0 bridgehead atoms. The standard InChI is InChI=1S/C15H22N2O6/c1-16-14(18)22-8-9-23-15(19)17-7-6-11-4-5-12(20-2)13(10-11)21-3/h4-5,10H,6-9H2,1-3H3,(H,16,18)(H,17,19). The number of rotatable bonds is 8. The van der Waals surface area contributed by atoms with Crippen molar-refractivity contribution in [3.05, 3.63) is 23.8 Å². The van der Waals surface area contributed by atoms with Gasteiger partial charge >= 0.3 is 12.2 Å². The predicted octanol–water partition coefficient (Wildman–Crippen LogP) is 1.33. The number of methoxy groups -OCH3 is 2. The molecule has 0 aliphatic carbocycles. The first kappa shape index (κ1) is 18.4. The zero-order chi connectivity index (χ0) is 17.1. The van der Waals surface area contributed by atoms with Crippen LogP contribution in [-0.2, 0) is 15.9 Å². The fourth-order valence-corrected chi connectivity index (χ4v) is 1.74. The molecule has 0 unspecified atom stereocenters. The van der Waals surface area contributed by atoms with Gasteiger partial charge < -0.3 is 29.6 Å². The molecule has 23 heavy (non-hydrogen) atoms. The molecule has 8 nitrogen and oxygen atoms in total. The molecule has 0 aliphatic heterocycles. The van der Waals surface area contributed by atoms with Crippen LogP contribution in [0, 0.1) is 0 Å². The van der Waals surface area contributed by atoms with E-state index in [1.807, 2.05) is 18.2 Å². The van der Waals surface area contributed by atoms with Gasteiger partial charge in [-0.15, -0.1) is 0 Å². The van der Waals surface area contributed by atoms with E-state index in [0.29, 0.717) is 24.5 Å². The van der Waals surface area contributed by atoms with Crippen LogP contribution in [0.15, 0.2) is 18.2 Å². The number of carbonyl (C=O) groups excluding carboxylic acids is 2. The molecule has 0 atom stereocenters. The highest BCUT2D eigenvalue weighted by Gasteiger charge is 2.06. The van der Waals surface area contributed by atoms with Gasteiger partial charge in [-0.2, -0.15) is 0 Å².